The smallest absolute Gasteiger partial charge is 0.316 e. The molecule has 28 heavy (non-hydrogen) atoms. The van der Waals surface area contributed by atoms with Crippen LogP contribution < -0.4 is 21.1 Å². The van der Waals surface area contributed by atoms with E-state index in [9.17, 15) is 9.59 Å². The Hall–Kier alpha value is -3.87. The van der Waals surface area contributed by atoms with Crippen LogP contribution in [0.3, 0.4) is 0 Å². The number of benzene rings is 2. The number of para-hydroxylation sites is 1. The van der Waals surface area contributed by atoms with Gasteiger partial charge >= 0.3 is 6.03 Å². The van der Waals surface area contributed by atoms with Gasteiger partial charge in [-0.3, -0.25) is 4.79 Å². The molecule has 7 heteroatoms. The average Bonchev–Trinajstić information content (AvgIpc) is 2.69. The van der Waals surface area contributed by atoms with E-state index in [1.54, 1.807) is 54.7 Å². The minimum atomic E-state index is -0.628. The number of pyridine rings is 1. The van der Waals surface area contributed by atoms with Crippen molar-refractivity contribution >= 4 is 17.6 Å². The van der Waals surface area contributed by atoms with E-state index >= 15 is 0 Å². The van der Waals surface area contributed by atoms with Crippen LogP contribution in [0.25, 0.3) is 0 Å². The normalized spacial score (nSPS) is 11.3. The summed E-state index contributed by atoms with van der Waals surface area (Å²) >= 11 is 0. The average molecular weight is 376 g/mol. The zero-order valence-electron chi connectivity index (χ0n) is 15.3. The van der Waals surface area contributed by atoms with E-state index in [0.717, 1.165) is 5.56 Å². The highest BCUT2D eigenvalue weighted by atomic mass is 16.5. The van der Waals surface area contributed by atoms with Gasteiger partial charge in [-0.1, -0.05) is 30.3 Å². The van der Waals surface area contributed by atoms with Crippen LogP contribution in [0, 0.1) is 0 Å². The molecule has 4 N–H and O–H groups in total. The van der Waals surface area contributed by atoms with E-state index < -0.39 is 6.03 Å². The second-order valence-corrected chi connectivity index (χ2v) is 6.08. The van der Waals surface area contributed by atoms with Crippen LogP contribution >= 0.6 is 0 Å². The molecule has 0 fully saturated rings. The number of hydrogen-bond donors (Lipinski definition) is 3. The molecule has 1 atom stereocenters. The quantitative estimate of drug-likeness (QED) is 0.607. The Morgan fingerprint density at radius 3 is 2.39 bits per heavy atom. The first-order valence-corrected chi connectivity index (χ1v) is 8.68. The van der Waals surface area contributed by atoms with Gasteiger partial charge in [-0.05, 0) is 48.9 Å². The first-order valence-electron chi connectivity index (χ1n) is 8.68. The van der Waals surface area contributed by atoms with Gasteiger partial charge in [0.05, 0.1) is 6.04 Å². The zero-order valence-corrected chi connectivity index (χ0v) is 15.3. The van der Waals surface area contributed by atoms with E-state index in [1.807, 2.05) is 25.1 Å². The fourth-order valence-electron chi connectivity index (χ4n) is 2.60. The highest BCUT2D eigenvalue weighted by Crippen LogP contribution is 2.23. The molecule has 0 saturated carbocycles. The summed E-state index contributed by atoms with van der Waals surface area (Å²) < 4.78 is 5.75. The van der Waals surface area contributed by atoms with Gasteiger partial charge in [-0.15, -0.1) is 0 Å². The first kappa shape index (κ1) is 18.9. The van der Waals surface area contributed by atoms with Crippen LogP contribution in [0.4, 0.5) is 10.5 Å². The van der Waals surface area contributed by atoms with Gasteiger partial charge < -0.3 is 21.1 Å². The third-order valence-electron chi connectivity index (χ3n) is 4.00. The molecule has 1 unspecified atom stereocenters. The monoisotopic (exact) mass is 376 g/mol. The van der Waals surface area contributed by atoms with E-state index in [-0.39, 0.29) is 17.8 Å². The van der Waals surface area contributed by atoms with Crippen LogP contribution in [0.2, 0.25) is 0 Å². The van der Waals surface area contributed by atoms with Gasteiger partial charge in [0.25, 0.3) is 5.91 Å². The molecule has 0 aliphatic heterocycles. The number of urea groups is 1. The molecule has 0 aliphatic rings. The molecule has 0 saturated heterocycles. The third-order valence-corrected chi connectivity index (χ3v) is 4.00. The van der Waals surface area contributed by atoms with Crippen LogP contribution in [-0.2, 0) is 0 Å². The highest BCUT2D eigenvalue weighted by Gasteiger charge is 2.17. The third kappa shape index (κ3) is 4.85. The summed E-state index contributed by atoms with van der Waals surface area (Å²) in [7, 11) is 0. The minimum Gasteiger partial charge on any atom is -0.438 e. The number of ether oxygens (including phenoxy) is 1. The van der Waals surface area contributed by atoms with E-state index in [0.29, 0.717) is 17.0 Å². The van der Waals surface area contributed by atoms with Crippen molar-refractivity contribution in [2.45, 2.75) is 13.0 Å². The van der Waals surface area contributed by atoms with Crippen LogP contribution in [-0.4, -0.2) is 16.9 Å². The predicted octanol–water partition coefficient (Wildman–Crippen LogP) is 3.86. The number of nitrogens with one attached hydrogen (secondary N) is 2. The number of amides is 3. The van der Waals surface area contributed by atoms with Gasteiger partial charge in [0, 0.05) is 11.9 Å². The largest absolute Gasteiger partial charge is 0.438 e. The maximum absolute atomic E-state index is 12.7. The Labute approximate surface area is 162 Å². The summed E-state index contributed by atoms with van der Waals surface area (Å²) in [6.07, 6.45) is 1.57. The molecule has 1 aromatic heterocycles. The Morgan fingerprint density at radius 1 is 1.00 bits per heavy atom. The Kier molecular flexibility index (Phi) is 5.86. The van der Waals surface area contributed by atoms with Crippen molar-refractivity contribution in [3.05, 3.63) is 84.1 Å². The Balaban J connectivity index is 1.71. The molecule has 0 aliphatic carbocycles. The first-order chi connectivity index (χ1) is 13.5. The number of carbonyl (C=O) groups is 2. The van der Waals surface area contributed by atoms with E-state index in [2.05, 4.69) is 15.6 Å². The van der Waals surface area contributed by atoms with Crippen LogP contribution in [0.1, 0.15) is 28.9 Å². The summed E-state index contributed by atoms with van der Waals surface area (Å²) in [5, 5.41) is 5.42. The maximum Gasteiger partial charge on any atom is 0.316 e. The van der Waals surface area contributed by atoms with Crippen molar-refractivity contribution in [3.63, 3.8) is 0 Å². The van der Waals surface area contributed by atoms with Crippen molar-refractivity contribution < 1.29 is 14.3 Å². The van der Waals surface area contributed by atoms with Crippen molar-refractivity contribution in [2.75, 3.05) is 5.32 Å². The number of nitrogens with two attached hydrogens (primary N) is 1. The summed E-state index contributed by atoms with van der Waals surface area (Å²) in [5.74, 6) is 0.533. The summed E-state index contributed by atoms with van der Waals surface area (Å²) in [4.78, 5) is 27.8. The summed E-state index contributed by atoms with van der Waals surface area (Å²) in [6.45, 7) is 1.86. The van der Waals surface area contributed by atoms with Crippen LogP contribution in [0.15, 0.2) is 72.9 Å². The second kappa shape index (κ2) is 8.68. The minimum absolute atomic E-state index is 0.236. The van der Waals surface area contributed by atoms with Crippen molar-refractivity contribution in [1.29, 1.82) is 0 Å². The van der Waals surface area contributed by atoms with E-state index in [4.69, 9.17) is 10.5 Å². The van der Waals surface area contributed by atoms with Gasteiger partial charge in [0.1, 0.15) is 11.3 Å². The SMILES string of the molecule is CC(NC(=O)c1cccnc1Oc1ccccc1)c1ccc(NC(N)=O)cc1. The lowest BCUT2D eigenvalue weighted by atomic mass is 10.1. The molecule has 2 aromatic carbocycles. The predicted molar refractivity (Wildman–Crippen MR) is 106 cm³/mol. The summed E-state index contributed by atoms with van der Waals surface area (Å²) in [6, 6.07) is 18.7. The molecule has 7 nitrogen and oxygen atoms in total. The molecule has 0 bridgehead atoms. The van der Waals surface area contributed by atoms with Gasteiger partial charge in [-0.2, -0.15) is 0 Å². The number of hydrogen-bond acceptors (Lipinski definition) is 4. The number of nitrogens with zero attached hydrogens (tertiary/aromatic N) is 1. The number of anilines is 1. The second-order valence-electron chi connectivity index (χ2n) is 6.08. The number of rotatable bonds is 6. The molecule has 3 rings (SSSR count). The Bertz CT molecular complexity index is 959. The molecular weight excluding hydrogens is 356 g/mol. The fraction of sp³-hybridized carbons (Fsp3) is 0.0952. The highest BCUT2D eigenvalue weighted by molar-refractivity contribution is 5.96. The lowest BCUT2D eigenvalue weighted by Gasteiger charge is -2.16. The Morgan fingerprint density at radius 2 is 1.71 bits per heavy atom. The van der Waals surface area contributed by atoms with E-state index in [1.165, 1.54) is 0 Å². The lowest BCUT2D eigenvalue weighted by molar-refractivity contribution is 0.0937. The number of primary amides is 1. The van der Waals surface area contributed by atoms with Crippen molar-refractivity contribution in [1.82, 2.24) is 10.3 Å². The molecule has 3 aromatic rings. The standard InChI is InChI=1S/C21H20N4O3/c1-14(15-9-11-16(12-10-15)25-21(22)27)24-19(26)18-8-5-13-23-20(18)28-17-6-3-2-4-7-17/h2-14H,1H3,(H,24,26)(H3,22,25,27). The summed E-state index contributed by atoms with van der Waals surface area (Å²) in [5.41, 5.74) is 6.89. The molecule has 142 valence electrons. The van der Waals surface area contributed by atoms with Crippen molar-refractivity contribution in [2.24, 2.45) is 5.73 Å². The maximum atomic E-state index is 12.7. The fourth-order valence-corrected chi connectivity index (χ4v) is 2.60. The molecule has 1 heterocycles. The topological polar surface area (TPSA) is 106 Å². The number of carbonyl (C=O) groups excluding carboxylic acids is 2. The van der Waals surface area contributed by atoms with Gasteiger partial charge in [0.15, 0.2) is 0 Å². The lowest BCUT2D eigenvalue weighted by Crippen LogP contribution is -2.27. The van der Waals surface area contributed by atoms with Gasteiger partial charge in [-0.25, -0.2) is 9.78 Å². The van der Waals surface area contributed by atoms with Gasteiger partial charge in [0.2, 0.25) is 5.88 Å². The molecule has 0 spiro atoms. The molecule has 0 radical (unpaired) electrons. The van der Waals surface area contributed by atoms with Crippen LogP contribution in [0.5, 0.6) is 11.6 Å². The molecular formula is C21H20N4O3. The molecule has 3 amide bonds. The number of aromatic nitrogens is 1. The van der Waals surface area contributed by atoms with Crippen molar-refractivity contribution in [3.8, 4) is 11.6 Å². The zero-order chi connectivity index (χ0) is 19.9.